The summed E-state index contributed by atoms with van der Waals surface area (Å²) in [5, 5.41) is 15.4. The van der Waals surface area contributed by atoms with E-state index >= 15 is 0 Å². The Bertz CT molecular complexity index is 1740. The van der Waals surface area contributed by atoms with Crippen LogP contribution in [0.15, 0.2) is 71.8 Å². The zero-order valence-electron chi connectivity index (χ0n) is 25.2. The maximum absolute atomic E-state index is 13.8. The van der Waals surface area contributed by atoms with Crippen molar-refractivity contribution in [2.24, 2.45) is 0 Å². The second-order valence-electron chi connectivity index (χ2n) is 12.2. The number of carbonyl (C=O) groups excluding carboxylic acids is 1. The summed E-state index contributed by atoms with van der Waals surface area (Å²) in [6.07, 6.45) is -3.57. The Morgan fingerprint density at radius 1 is 1.15 bits per heavy atom. The molecule has 2 aromatic carbocycles. The predicted octanol–water partition coefficient (Wildman–Crippen LogP) is 4.98. The van der Waals surface area contributed by atoms with Crippen LogP contribution in [0.3, 0.4) is 0 Å². The van der Waals surface area contributed by atoms with E-state index in [4.69, 9.17) is 16.3 Å². The first-order valence-electron chi connectivity index (χ1n) is 15.3. The number of hydrogen-bond acceptors (Lipinski definition) is 6. The molecule has 4 heterocycles. The quantitative estimate of drug-likeness (QED) is 0.291. The number of aliphatic hydroxyl groups is 1. The highest BCUT2D eigenvalue weighted by Gasteiger charge is 2.43. The predicted molar refractivity (Wildman–Crippen MR) is 167 cm³/mol. The number of hydrogen-bond donors (Lipinski definition) is 2. The lowest BCUT2D eigenvalue weighted by Crippen LogP contribution is -2.50. The lowest BCUT2D eigenvalue weighted by molar-refractivity contribution is -0.162. The second kappa shape index (κ2) is 12.8. The number of amides is 1. The fourth-order valence-electron chi connectivity index (χ4n) is 6.26. The number of carbonyl (C=O) groups is 1. The average molecular weight is 658 g/mol. The van der Waals surface area contributed by atoms with E-state index < -0.39 is 30.0 Å². The summed E-state index contributed by atoms with van der Waals surface area (Å²) in [6.45, 7) is 3.41. The Hall–Kier alpha value is -3.71. The third-order valence-corrected chi connectivity index (χ3v) is 9.26. The van der Waals surface area contributed by atoms with E-state index in [1.165, 1.54) is 40.1 Å². The first kappa shape index (κ1) is 32.2. The molecule has 0 radical (unpaired) electrons. The molecular formula is C33H35ClF3N5O4. The van der Waals surface area contributed by atoms with Crippen molar-refractivity contribution in [1.82, 2.24) is 24.3 Å². The highest BCUT2D eigenvalue weighted by atomic mass is 35.5. The lowest BCUT2D eigenvalue weighted by Gasteiger charge is -2.39. The maximum atomic E-state index is 13.8. The van der Waals surface area contributed by atoms with Crippen LogP contribution in [-0.2, 0) is 16.1 Å². The highest BCUT2D eigenvalue weighted by molar-refractivity contribution is 6.31. The number of alkyl halides is 3. The Balaban J connectivity index is 1.13. The molecule has 2 aromatic heterocycles. The van der Waals surface area contributed by atoms with Crippen molar-refractivity contribution in [2.45, 2.75) is 62.6 Å². The van der Waals surface area contributed by atoms with Gasteiger partial charge in [-0.25, -0.2) is 4.98 Å². The number of rotatable bonds is 7. The molecule has 13 heteroatoms. The first-order valence-corrected chi connectivity index (χ1v) is 15.6. The van der Waals surface area contributed by atoms with Crippen molar-refractivity contribution in [3.05, 3.63) is 93.6 Å². The minimum Gasteiger partial charge on any atom is -0.388 e. The van der Waals surface area contributed by atoms with Crippen LogP contribution in [0, 0.1) is 0 Å². The molecule has 2 aliphatic heterocycles. The Labute approximate surface area is 268 Å². The van der Waals surface area contributed by atoms with Crippen LogP contribution in [0.5, 0.6) is 0 Å². The number of nitrogens with one attached hydrogen (secondary N) is 1. The van der Waals surface area contributed by atoms with Crippen molar-refractivity contribution >= 4 is 28.5 Å². The zero-order valence-corrected chi connectivity index (χ0v) is 26.0. The van der Waals surface area contributed by atoms with Crippen LogP contribution in [0.2, 0.25) is 5.15 Å². The van der Waals surface area contributed by atoms with E-state index in [0.717, 1.165) is 17.8 Å². The fourth-order valence-corrected chi connectivity index (χ4v) is 6.55. The number of ether oxygens (including phenoxy) is 1. The molecule has 2 saturated heterocycles. The standard InChI is InChI=1S/C33H35ClF3N5O4/c1-21-17-38-27(18-46-21)23-7-9-24(10-8-23)42-28(34)15-25-30(42)39-20-41(31(25)44)19-32(45)11-13-40(14-12-32)29(43)16-26(33(35,36)37)22-5-3-2-4-6-22/h2-10,15,20-21,26-27,38,45H,11-14,16-19H2,1H3/t21-,26+,27-/m0/s1. The molecular weight excluding hydrogens is 623 g/mol. The van der Waals surface area contributed by atoms with Gasteiger partial charge in [0.2, 0.25) is 5.91 Å². The monoisotopic (exact) mass is 657 g/mol. The SMILES string of the molecule is C[C@H]1CN[C@H](c2ccc(-n3c(Cl)cc4c(=O)n(CC5(O)CCN(C(=O)C[C@H](c6ccccc6)C(F)(F)F)CC5)cnc43)cc2)CO1. The van der Waals surface area contributed by atoms with Gasteiger partial charge in [-0.2, -0.15) is 13.2 Å². The van der Waals surface area contributed by atoms with Gasteiger partial charge in [0.15, 0.2) is 5.65 Å². The summed E-state index contributed by atoms with van der Waals surface area (Å²) in [5.41, 5.74) is 0.465. The Kier molecular flexibility index (Phi) is 8.99. The van der Waals surface area contributed by atoms with Gasteiger partial charge in [-0.05, 0) is 49.1 Å². The van der Waals surface area contributed by atoms with E-state index in [2.05, 4.69) is 10.3 Å². The van der Waals surface area contributed by atoms with Crippen LogP contribution >= 0.6 is 11.6 Å². The van der Waals surface area contributed by atoms with E-state index in [-0.39, 0.29) is 61.1 Å². The molecule has 2 aliphatic rings. The number of aromatic nitrogens is 3. The van der Waals surface area contributed by atoms with Crippen LogP contribution in [0.1, 0.15) is 49.3 Å². The summed E-state index contributed by atoms with van der Waals surface area (Å²) < 4.78 is 50.2. The molecule has 6 rings (SSSR count). The molecule has 4 aromatic rings. The maximum Gasteiger partial charge on any atom is 0.396 e. The van der Waals surface area contributed by atoms with Gasteiger partial charge in [-0.15, -0.1) is 0 Å². The van der Waals surface area contributed by atoms with E-state index in [0.29, 0.717) is 17.4 Å². The van der Waals surface area contributed by atoms with Gasteiger partial charge in [0.25, 0.3) is 5.56 Å². The van der Waals surface area contributed by atoms with Crippen molar-refractivity contribution in [3.8, 4) is 5.69 Å². The van der Waals surface area contributed by atoms with Crippen LogP contribution in [-0.4, -0.2) is 74.2 Å². The van der Waals surface area contributed by atoms with Gasteiger partial charge in [0, 0.05) is 31.7 Å². The molecule has 1 amide bonds. The average Bonchev–Trinajstić information content (AvgIpc) is 3.38. The van der Waals surface area contributed by atoms with Gasteiger partial charge in [-0.3, -0.25) is 18.7 Å². The number of morpholine rings is 1. The molecule has 3 atom stereocenters. The molecule has 2 N–H and O–H groups in total. The Morgan fingerprint density at radius 2 is 1.85 bits per heavy atom. The third-order valence-electron chi connectivity index (χ3n) is 8.98. The van der Waals surface area contributed by atoms with Gasteiger partial charge in [-0.1, -0.05) is 54.1 Å². The summed E-state index contributed by atoms with van der Waals surface area (Å²) in [5.74, 6) is -2.54. The number of likely N-dealkylation sites (tertiary alicyclic amines) is 1. The molecule has 9 nitrogen and oxygen atoms in total. The highest BCUT2D eigenvalue weighted by Crippen LogP contribution is 2.38. The number of fused-ring (bicyclic) bond motifs is 1. The van der Waals surface area contributed by atoms with Gasteiger partial charge in [0.05, 0.1) is 42.2 Å². The molecule has 0 bridgehead atoms. The number of benzene rings is 2. The zero-order chi connectivity index (χ0) is 32.6. The molecule has 46 heavy (non-hydrogen) atoms. The van der Waals surface area contributed by atoms with E-state index in [1.54, 1.807) is 16.7 Å². The first-order chi connectivity index (χ1) is 21.9. The van der Waals surface area contributed by atoms with Crippen LogP contribution < -0.4 is 10.9 Å². The Morgan fingerprint density at radius 3 is 2.48 bits per heavy atom. The minimum absolute atomic E-state index is 0.0339. The number of halogens is 4. The topological polar surface area (TPSA) is 102 Å². The summed E-state index contributed by atoms with van der Waals surface area (Å²) >= 11 is 6.58. The minimum atomic E-state index is -4.58. The van der Waals surface area contributed by atoms with Crippen molar-refractivity contribution in [1.29, 1.82) is 0 Å². The second-order valence-corrected chi connectivity index (χ2v) is 12.6. The molecule has 0 spiro atoms. The fraction of sp³-hybridized carbons (Fsp3) is 0.424. The smallest absolute Gasteiger partial charge is 0.388 e. The van der Waals surface area contributed by atoms with Crippen molar-refractivity contribution in [2.75, 3.05) is 26.2 Å². The molecule has 0 aliphatic carbocycles. The number of nitrogens with zero attached hydrogens (tertiary/aromatic N) is 4. The molecule has 2 fully saturated rings. The largest absolute Gasteiger partial charge is 0.396 e. The third kappa shape index (κ3) is 6.71. The van der Waals surface area contributed by atoms with Crippen LogP contribution in [0.4, 0.5) is 13.2 Å². The molecule has 0 unspecified atom stereocenters. The van der Waals surface area contributed by atoms with Gasteiger partial charge in [0.1, 0.15) is 11.5 Å². The lowest BCUT2D eigenvalue weighted by atomic mass is 9.89. The normalized spacial score (nSPS) is 21.0. The summed E-state index contributed by atoms with van der Waals surface area (Å²) in [6, 6.07) is 16.8. The van der Waals surface area contributed by atoms with Crippen molar-refractivity contribution < 1.29 is 27.8 Å². The van der Waals surface area contributed by atoms with E-state index in [1.807, 2.05) is 31.2 Å². The number of piperidine rings is 1. The van der Waals surface area contributed by atoms with Crippen molar-refractivity contribution in [3.63, 3.8) is 0 Å². The molecule has 244 valence electrons. The van der Waals surface area contributed by atoms with Crippen LogP contribution in [0.25, 0.3) is 16.7 Å². The van der Waals surface area contributed by atoms with Gasteiger partial charge < -0.3 is 20.1 Å². The summed E-state index contributed by atoms with van der Waals surface area (Å²) in [7, 11) is 0. The van der Waals surface area contributed by atoms with Gasteiger partial charge >= 0.3 is 6.18 Å². The summed E-state index contributed by atoms with van der Waals surface area (Å²) in [4.78, 5) is 32.3. The molecule has 0 saturated carbocycles. The van der Waals surface area contributed by atoms with E-state index in [9.17, 15) is 27.9 Å².